The molecule has 8 nitrogen and oxygen atoms in total. The number of anilines is 1. The van der Waals surface area contributed by atoms with Crippen LogP contribution in [0.2, 0.25) is 10.4 Å². The number of aromatic amines is 1. The maximum atomic E-state index is 15.9. The van der Waals surface area contributed by atoms with Gasteiger partial charge in [-0.25, -0.2) is 19.3 Å². The average Bonchev–Trinajstić information content (AvgIpc) is 2.98. The highest BCUT2D eigenvalue weighted by molar-refractivity contribution is 6.34. The predicted octanol–water partition coefficient (Wildman–Crippen LogP) is 7.38. The van der Waals surface area contributed by atoms with Gasteiger partial charge in [-0.05, 0) is 65.5 Å². The lowest BCUT2D eigenvalue weighted by atomic mass is 10.0. The summed E-state index contributed by atoms with van der Waals surface area (Å²) in [6.07, 6.45) is -4.95. The smallest absolute Gasteiger partial charge is 0.418 e. The van der Waals surface area contributed by atoms with Gasteiger partial charge in [0, 0.05) is 13.1 Å². The van der Waals surface area contributed by atoms with Crippen LogP contribution in [-0.2, 0) is 19.3 Å². The van der Waals surface area contributed by atoms with E-state index in [1.54, 1.807) is 29.2 Å². The number of nitrogens with zero attached hydrogens (tertiary/aromatic N) is 4. The van der Waals surface area contributed by atoms with Crippen LogP contribution >= 0.6 is 23.2 Å². The number of hydrogen-bond acceptors (Lipinski definition) is 7. The van der Waals surface area contributed by atoms with Crippen molar-refractivity contribution in [1.82, 2.24) is 19.9 Å². The first kappa shape index (κ1) is 31.0. The second kappa shape index (κ2) is 12.3. The number of nitrogens with one attached hydrogen (secondary N) is 1. The molecule has 0 radical (unpaired) electrons. The lowest BCUT2D eigenvalue weighted by molar-refractivity contribution is -0.137. The first-order chi connectivity index (χ1) is 20.9. The Morgan fingerprint density at radius 2 is 1.41 bits per heavy atom. The predicted molar refractivity (Wildman–Crippen MR) is 159 cm³/mol. The van der Waals surface area contributed by atoms with Gasteiger partial charge in [0.25, 0.3) is 5.56 Å². The van der Waals surface area contributed by atoms with Crippen LogP contribution in [0.1, 0.15) is 22.3 Å². The fraction of sp³-hybridized carbons (Fsp3) is 0.200. The normalized spacial score (nSPS) is 11.6. The molecule has 0 saturated carbocycles. The molecule has 0 amide bonds. The van der Waals surface area contributed by atoms with E-state index in [2.05, 4.69) is 19.9 Å². The minimum atomic E-state index is -4.95. The summed E-state index contributed by atoms with van der Waals surface area (Å²) in [5, 5.41) is -1.50. The number of aryl methyl sites for hydroxylation is 1. The molecule has 0 aliphatic rings. The lowest BCUT2D eigenvalue weighted by Crippen LogP contribution is -2.25. The molecule has 5 aromatic rings. The number of alkyl halides is 3. The van der Waals surface area contributed by atoms with E-state index in [0.29, 0.717) is 11.5 Å². The average molecular weight is 648 g/mol. The molecule has 1 N–H and O–H groups in total. The van der Waals surface area contributed by atoms with E-state index >= 15 is 4.39 Å². The van der Waals surface area contributed by atoms with Crippen LogP contribution in [0, 0.1) is 12.7 Å². The second-order valence-corrected chi connectivity index (χ2v) is 10.4. The van der Waals surface area contributed by atoms with E-state index in [9.17, 15) is 18.0 Å². The largest absolute Gasteiger partial charge is 0.497 e. The lowest BCUT2D eigenvalue weighted by Gasteiger charge is -2.27. The van der Waals surface area contributed by atoms with Gasteiger partial charge >= 0.3 is 6.18 Å². The highest BCUT2D eigenvalue weighted by atomic mass is 35.5. The van der Waals surface area contributed by atoms with Crippen LogP contribution in [0.3, 0.4) is 0 Å². The Hall–Kier alpha value is -4.42. The first-order valence-corrected chi connectivity index (χ1v) is 13.7. The molecule has 5 rings (SSSR count). The summed E-state index contributed by atoms with van der Waals surface area (Å²) >= 11 is 12.0. The third kappa shape index (κ3) is 6.27. The number of fused-ring (bicyclic) bond motifs is 1. The fourth-order valence-electron chi connectivity index (χ4n) is 4.74. The summed E-state index contributed by atoms with van der Waals surface area (Å²) < 4.78 is 69.9. The monoisotopic (exact) mass is 647 g/mol. The van der Waals surface area contributed by atoms with Crippen LogP contribution in [0.4, 0.5) is 23.4 Å². The van der Waals surface area contributed by atoms with Crippen LogP contribution in [0.5, 0.6) is 11.5 Å². The van der Waals surface area contributed by atoms with Crippen molar-refractivity contribution in [2.75, 3.05) is 19.1 Å². The number of rotatable bonds is 8. The van der Waals surface area contributed by atoms with Gasteiger partial charge in [-0.15, -0.1) is 0 Å². The number of aromatic nitrogens is 4. The molecule has 0 unspecified atom stereocenters. The summed E-state index contributed by atoms with van der Waals surface area (Å²) in [5.74, 6) is 0.0299. The summed E-state index contributed by atoms with van der Waals surface area (Å²) in [5.41, 5.74) is -3.03. The molecule has 0 fully saturated rings. The Labute approximate surface area is 258 Å². The molecule has 0 bridgehead atoms. The molecule has 2 aromatic carbocycles. The standard InChI is InChI=1S/C30H23Cl2F4N5O3/c1-15-12-20(41(13-16-4-8-18(43-2)9-5-16)14-17-6-10-19(44-3)11-7-17)37-25(22(15)30(34,35)36)26-23(33)24-21(27(31)38-26)28(42)40-29(32)39-24/h4-12H,13-14H2,1-3H3,(H,39,40,42). The van der Waals surface area contributed by atoms with Crippen molar-refractivity contribution < 1.29 is 27.0 Å². The number of methoxy groups -OCH3 is 2. The molecule has 0 spiro atoms. The van der Waals surface area contributed by atoms with E-state index in [1.165, 1.54) is 27.2 Å². The third-order valence-corrected chi connectivity index (χ3v) is 7.27. The van der Waals surface area contributed by atoms with Crippen LogP contribution in [0.15, 0.2) is 59.4 Å². The van der Waals surface area contributed by atoms with Crippen molar-refractivity contribution in [2.45, 2.75) is 26.2 Å². The van der Waals surface area contributed by atoms with Crippen LogP contribution in [-0.4, -0.2) is 34.2 Å². The van der Waals surface area contributed by atoms with Crippen LogP contribution < -0.4 is 19.9 Å². The number of ether oxygens (including phenoxy) is 2. The van der Waals surface area contributed by atoms with E-state index < -0.39 is 55.8 Å². The Balaban J connectivity index is 1.72. The molecule has 0 aliphatic heterocycles. The molecule has 0 aliphatic carbocycles. The molecule has 3 heterocycles. The maximum absolute atomic E-state index is 15.9. The Morgan fingerprint density at radius 3 is 1.91 bits per heavy atom. The molecule has 228 valence electrons. The maximum Gasteiger partial charge on any atom is 0.418 e. The zero-order chi connectivity index (χ0) is 31.8. The Bertz CT molecular complexity index is 1850. The first-order valence-electron chi connectivity index (χ1n) is 12.9. The summed E-state index contributed by atoms with van der Waals surface area (Å²) in [6.45, 7) is 1.68. The topological polar surface area (TPSA) is 93.2 Å². The summed E-state index contributed by atoms with van der Waals surface area (Å²) in [4.78, 5) is 28.2. The van der Waals surface area contributed by atoms with Gasteiger partial charge in [-0.2, -0.15) is 13.2 Å². The minimum absolute atomic E-state index is 0.103. The number of hydrogen-bond donors (Lipinski definition) is 1. The molecule has 0 atom stereocenters. The van der Waals surface area contributed by atoms with Gasteiger partial charge in [-0.1, -0.05) is 35.9 Å². The zero-order valence-corrected chi connectivity index (χ0v) is 24.9. The van der Waals surface area contributed by atoms with Gasteiger partial charge in [-0.3, -0.25) is 9.78 Å². The zero-order valence-electron chi connectivity index (χ0n) is 23.4. The molecule has 44 heavy (non-hydrogen) atoms. The highest BCUT2D eigenvalue weighted by Crippen LogP contribution is 2.41. The van der Waals surface area contributed by atoms with Crippen LogP contribution in [0.25, 0.3) is 22.3 Å². The molecule has 0 saturated heterocycles. The molecular weight excluding hydrogens is 625 g/mol. The minimum Gasteiger partial charge on any atom is -0.497 e. The van der Waals surface area contributed by atoms with Crippen molar-refractivity contribution in [3.05, 3.63) is 103 Å². The number of benzene rings is 2. The number of halogens is 6. The van der Waals surface area contributed by atoms with Crippen molar-refractivity contribution >= 4 is 39.9 Å². The van der Waals surface area contributed by atoms with Gasteiger partial charge in [0.2, 0.25) is 5.28 Å². The van der Waals surface area contributed by atoms with Crippen molar-refractivity contribution in [2.24, 2.45) is 0 Å². The fourth-order valence-corrected chi connectivity index (χ4v) is 5.17. The number of H-pyrrole nitrogens is 1. The quantitative estimate of drug-likeness (QED) is 0.107. The Morgan fingerprint density at radius 1 is 0.864 bits per heavy atom. The SMILES string of the molecule is COc1ccc(CN(Cc2ccc(OC)cc2)c2cc(C)c(C(F)(F)F)c(-c3nc(Cl)c4c(=O)[nH]c(Cl)nc4c3F)n2)cc1. The van der Waals surface area contributed by atoms with Gasteiger partial charge in [0.15, 0.2) is 5.82 Å². The number of pyridine rings is 2. The van der Waals surface area contributed by atoms with E-state index in [-0.39, 0.29) is 24.5 Å². The summed E-state index contributed by atoms with van der Waals surface area (Å²) in [7, 11) is 3.07. The Kier molecular flexibility index (Phi) is 8.66. The summed E-state index contributed by atoms with van der Waals surface area (Å²) in [6, 6.07) is 15.6. The van der Waals surface area contributed by atoms with Gasteiger partial charge in [0.1, 0.15) is 44.8 Å². The van der Waals surface area contributed by atoms with E-state index in [4.69, 9.17) is 32.7 Å². The van der Waals surface area contributed by atoms with Crippen molar-refractivity contribution in [1.29, 1.82) is 0 Å². The van der Waals surface area contributed by atoms with Crippen molar-refractivity contribution in [3.63, 3.8) is 0 Å². The third-order valence-electron chi connectivity index (χ3n) is 6.82. The molecule has 3 aromatic heterocycles. The molecule has 14 heteroatoms. The second-order valence-electron chi connectivity index (χ2n) is 9.72. The van der Waals surface area contributed by atoms with Crippen molar-refractivity contribution in [3.8, 4) is 22.9 Å². The van der Waals surface area contributed by atoms with Gasteiger partial charge < -0.3 is 14.4 Å². The molecular formula is C30H23Cl2F4N5O3. The van der Waals surface area contributed by atoms with Gasteiger partial charge in [0.05, 0.1) is 19.8 Å². The van der Waals surface area contributed by atoms with E-state index in [1.807, 2.05) is 24.3 Å². The van der Waals surface area contributed by atoms with E-state index in [0.717, 1.165) is 11.1 Å². The highest BCUT2D eigenvalue weighted by Gasteiger charge is 2.39.